The Balaban J connectivity index is 2.42. The minimum absolute atomic E-state index is 0.128. The number of carboxylic acid groups (broad SMARTS) is 1. The van der Waals surface area contributed by atoms with Gasteiger partial charge in [-0.15, -0.1) is 0 Å². The van der Waals surface area contributed by atoms with Crippen molar-refractivity contribution in [2.45, 2.75) is 26.7 Å². The van der Waals surface area contributed by atoms with Gasteiger partial charge in [-0.3, -0.25) is 9.59 Å². The molecule has 5 heteroatoms. The number of rotatable bonds is 7. The molecule has 0 aliphatic rings. The maximum absolute atomic E-state index is 11.7. The van der Waals surface area contributed by atoms with Crippen LogP contribution in [0.15, 0.2) is 28.7 Å². The van der Waals surface area contributed by atoms with Crippen molar-refractivity contribution in [3.05, 3.63) is 39.9 Å². The van der Waals surface area contributed by atoms with Gasteiger partial charge < -0.3 is 10.4 Å². The lowest BCUT2D eigenvalue weighted by Gasteiger charge is -2.10. The molecule has 0 fully saturated rings. The van der Waals surface area contributed by atoms with E-state index in [9.17, 15) is 9.59 Å². The average molecular weight is 354 g/mol. The van der Waals surface area contributed by atoms with Gasteiger partial charge in [0.1, 0.15) is 0 Å². The van der Waals surface area contributed by atoms with Crippen LogP contribution >= 0.6 is 15.9 Å². The number of hydrogen-bond donors (Lipinski definition) is 2. The summed E-state index contributed by atoms with van der Waals surface area (Å²) >= 11 is 3.45. The number of benzene rings is 1. The molecule has 114 valence electrons. The topological polar surface area (TPSA) is 66.4 Å². The molecule has 1 unspecified atom stereocenters. The van der Waals surface area contributed by atoms with Crippen molar-refractivity contribution >= 4 is 33.9 Å². The Morgan fingerprint density at radius 2 is 2.14 bits per heavy atom. The van der Waals surface area contributed by atoms with Crippen molar-refractivity contribution in [1.29, 1.82) is 0 Å². The van der Waals surface area contributed by atoms with E-state index in [1.54, 1.807) is 6.08 Å². The van der Waals surface area contributed by atoms with E-state index in [4.69, 9.17) is 5.11 Å². The second kappa shape index (κ2) is 8.62. The molecular weight excluding hydrogens is 334 g/mol. The van der Waals surface area contributed by atoms with Crippen LogP contribution in [0.25, 0.3) is 6.08 Å². The second-order valence-corrected chi connectivity index (χ2v) is 6.00. The number of nitrogens with one attached hydrogen (secondary N) is 1. The molecule has 1 atom stereocenters. The van der Waals surface area contributed by atoms with Crippen LogP contribution in [0.3, 0.4) is 0 Å². The van der Waals surface area contributed by atoms with Crippen LogP contribution in [0.1, 0.15) is 30.9 Å². The first-order valence-electron chi connectivity index (χ1n) is 6.82. The number of aliphatic carboxylic acids is 1. The Hall–Kier alpha value is -1.62. The fraction of sp³-hybridized carbons (Fsp3) is 0.375. The van der Waals surface area contributed by atoms with Crippen molar-refractivity contribution in [3.8, 4) is 0 Å². The quantitative estimate of drug-likeness (QED) is 0.738. The predicted molar refractivity (Wildman–Crippen MR) is 87.0 cm³/mol. The highest BCUT2D eigenvalue weighted by atomic mass is 79.9. The molecule has 1 rings (SSSR count). The van der Waals surface area contributed by atoms with E-state index >= 15 is 0 Å². The molecule has 1 aromatic carbocycles. The van der Waals surface area contributed by atoms with Gasteiger partial charge in [0.2, 0.25) is 5.91 Å². The molecule has 0 bridgehead atoms. The number of amides is 1. The molecule has 0 aliphatic heterocycles. The molecule has 0 saturated heterocycles. The second-order valence-electron chi connectivity index (χ2n) is 5.14. The third-order valence-corrected chi connectivity index (χ3v) is 3.73. The largest absolute Gasteiger partial charge is 0.481 e. The fourth-order valence-corrected chi connectivity index (χ4v) is 2.36. The Bertz CT molecular complexity index is 540. The van der Waals surface area contributed by atoms with Crippen LogP contribution in [-0.4, -0.2) is 23.5 Å². The van der Waals surface area contributed by atoms with Crippen LogP contribution in [0.4, 0.5) is 0 Å². The minimum Gasteiger partial charge on any atom is -0.481 e. The standard InChI is InChI=1S/C16H20BrNO3/c1-11-3-5-13(14(17)9-11)6-7-15(19)18-10-12(2)4-8-16(20)21/h3,5-7,9,12H,4,8,10H2,1-2H3,(H,18,19)(H,20,21)/b7-6+. The number of halogens is 1. The Morgan fingerprint density at radius 1 is 1.43 bits per heavy atom. The molecule has 0 aromatic heterocycles. The Labute approximate surface area is 133 Å². The molecule has 0 spiro atoms. The fourth-order valence-electron chi connectivity index (χ4n) is 1.74. The number of hydrogen-bond acceptors (Lipinski definition) is 2. The molecule has 0 heterocycles. The highest BCUT2D eigenvalue weighted by Gasteiger charge is 2.06. The van der Waals surface area contributed by atoms with Gasteiger partial charge in [0.15, 0.2) is 0 Å². The van der Waals surface area contributed by atoms with Crippen LogP contribution in [0.5, 0.6) is 0 Å². The maximum Gasteiger partial charge on any atom is 0.303 e. The smallest absolute Gasteiger partial charge is 0.303 e. The molecule has 1 aromatic rings. The summed E-state index contributed by atoms with van der Waals surface area (Å²) in [6.07, 6.45) is 3.92. The lowest BCUT2D eigenvalue weighted by molar-refractivity contribution is -0.137. The predicted octanol–water partition coefficient (Wildman–Crippen LogP) is 3.39. The van der Waals surface area contributed by atoms with Gasteiger partial charge in [-0.2, -0.15) is 0 Å². The lowest BCUT2D eigenvalue weighted by Crippen LogP contribution is -2.26. The van der Waals surface area contributed by atoms with Crippen LogP contribution in [0, 0.1) is 12.8 Å². The Morgan fingerprint density at radius 3 is 2.76 bits per heavy atom. The van der Waals surface area contributed by atoms with Gasteiger partial charge in [-0.05, 0) is 42.5 Å². The third-order valence-electron chi connectivity index (χ3n) is 3.05. The van der Waals surface area contributed by atoms with Gasteiger partial charge in [-0.1, -0.05) is 35.0 Å². The maximum atomic E-state index is 11.7. The summed E-state index contributed by atoms with van der Waals surface area (Å²) in [4.78, 5) is 22.2. The van der Waals surface area contributed by atoms with Crippen molar-refractivity contribution in [2.24, 2.45) is 5.92 Å². The van der Waals surface area contributed by atoms with Crippen molar-refractivity contribution in [1.82, 2.24) is 5.32 Å². The van der Waals surface area contributed by atoms with Crippen molar-refractivity contribution in [3.63, 3.8) is 0 Å². The van der Waals surface area contributed by atoms with E-state index < -0.39 is 5.97 Å². The summed E-state index contributed by atoms with van der Waals surface area (Å²) in [5.74, 6) is -0.841. The first-order chi connectivity index (χ1) is 9.88. The molecule has 4 nitrogen and oxygen atoms in total. The summed E-state index contributed by atoms with van der Waals surface area (Å²) in [5.41, 5.74) is 2.09. The van der Waals surface area contributed by atoms with Crippen LogP contribution in [0.2, 0.25) is 0 Å². The third kappa shape index (κ3) is 7.09. The highest BCUT2D eigenvalue weighted by molar-refractivity contribution is 9.10. The molecular formula is C16H20BrNO3. The summed E-state index contributed by atoms with van der Waals surface area (Å²) in [6, 6.07) is 5.92. The summed E-state index contributed by atoms with van der Waals surface area (Å²) < 4.78 is 0.946. The van der Waals surface area contributed by atoms with E-state index in [0.717, 1.165) is 15.6 Å². The summed E-state index contributed by atoms with van der Waals surface area (Å²) in [7, 11) is 0. The van der Waals surface area contributed by atoms with Gasteiger partial charge in [0.05, 0.1) is 0 Å². The van der Waals surface area contributed by atoms with Gasteiger partial charge in [0.25, 0.3) is 0 Å². The zero-order valence-corrected chi connectivity index (χ0v) is 13.8. The van der Waals surface area contributed by atoms with E-state index in [2.05, 4.69) is 21.2 Å². The SMILES string of the molecule is Cc1ccc(/C=C/C(=O)NCC(C)CCC(=O)O)c(Br)c1. The molecule has 0 aliphatic carbocycles. The zero-order valence-electron chi connectivity index (χ0n) is 12.2. The number of carbonyl (C=O) groups excluding carboxylic acids is 1. The van der Waals surface area contributed by atoms with Gasteiger partial charge in [0, 0.05) is 23.5 Å². The Kier molecular flexibility index (Phi) is 7.15. The van der Waals surface area contributed by atoms with Crippen molar-refractivity contribution in [2.75, 3.05) is 6.54 Å². The van der Waals surface area contributed by atoms with Crippen LogP contribution < -0.4 is 5.32 Å². The molecule has 2 N–H and O–H groups in total. The average Bonchev–Trinajstić information content (AvgIpc) is 2.41. The normalized spacial score (nSPS) is 12.3. The van der Waals surface area contributed by atoms with E-state index in [1.165, 1.54) is 6.08 Å². The molecule has 0 radical (unpaired) electrons. The number of aryl methyl sites for hydroxylation is 1. The van der Waals surface area contributed by atoms with E-state index in [0.29, 0.717) is 13.0 Å². The van der Waals surface area contributed by atoms with E-state index in [-0.39, 0.29) is 18.2 Å². The number of carboxylic acids is 1. The van der Waals surface area contributed by atoms with Crippen LogP contribution in [-0.2, 0) is 9.59 Å². The monoisotopic (exact) mass is 353 g/mol. The van der Waals surface area contributed by atoms with Crippen molar-refractivity contribution < 1.29 is 14.7 Å². The first kappa shape index (κ1) is 17.4. The summed E-state index contributed by atoms with van der Waals surface area (Å²) in [5, 5.41) is 11.4. The molecule has 21 heavy (non-hydrogen) atoms. The lowest BCUT2D eigenvalue weighted by atomic mass is 10.1. The first-order valence-corrected chi connectivity index (χ1v) is 7.61. The molecule has 0 saturated carbocycles. The van der Waals surface area contributed by atoms with Gasteiger partial charge in [-0.25, -0.2) is 0 Å². The summed E-state index contributed by atoms with van der Waals surface area (Å²) in [6.45, 7) is 4.40. The van der Waals surface area contributed by atoms with E-state index in [1.807, 2.05) is 32.0 Å². The van der Waals surface area contributed by atoms with Gasteiger partial charge >= 0.3 is 5.97 Å². The minimum atomic E-state index is -0.808. The molecule has 1 amide bonds. The highest BCUT2D eigenvalue weighted by Crippen LogP contribution is 2.19. The zero-order chi connectivity index (χ0) is 15.8. The number of carbonyl (C=O) groups is 2.